The van der Waals surface area contributed by atoms with Crippen molar-refractivity contribution in [2.24, 2.45) is 7.05 Å². The number of aromatic nitrogens is 1. The quantitative estimate of drug-likeness (QED) is 0.781. The molecule has 0 bridgehead atoms. The fourth-order valence-electron chi connectivity index (χ4n) is 2.57. The number of hydrogen-bond donors (Lipinski definition) is 2. The van der Waals surface area contributed by atoms with Gasteiger partial charge in [0.1, 0.15) is 0 Å². The molecular weight excluding hydrogens is 361 g/mol. The Balaban J connectivity index is 1.95. The van der Waals surface area contributed by atoms with Gasteiger partial charge in [-0.1, -0.05) is 0 Å². The van der Waals surface area contributed by atoms with E-state index in [2.05, 4.69) is 10.6 Å². The van der Waals surface area contributed by atoms with Crippen LogP contribution < -0.4 is 10.6 Å². The van der Waals surface area contributed by atoms with E-state index < -0.39 is 23.6 Å². The predicted molar refractivity (Wildman–Crippen MR) is 94.9 cm³/mol. The molecule has 1 aromatic carbocycles. The summed E-state index contributed by atoms with van der Waals surface area (Å²) in [5.74, 6) is -1.81. The zero-order valence-electron chi connectivity index (χ0n) is 15.2. The normalized spacial score (nSPS) is 12.7. The monoisotopic (exact) mass is 382 g/mol. The van der Waals surface area contributed by atoms with Gasteiger partial charge in [-0.25, -0.2) is 0 Å². The van der Waals surface area contributed by atoms with Crippen molar-refractivity contribution in [3.63, 3.8) is 0 Å². The summed E-state index contributed by atoms with van der Waals surface area (Å²) in [4.78, 5) is 25.9. The molecule has 0 fully saturated rings. The molecule has 6 nitrogen and oxygen atoms in total. The number of benzene rings is 1. The Hall–Kier alpha value is -2.81. The summed E-state index contributed by atoms with van der Waals surface area (Å²) in [6.45, 7) is 0.199. The smallest absolute Gasteiger partial charge is 0.353 e. The van der Waals surface area contributed by atoms with Crippen molar-refractivity contribution >= 4 is 17.5 Å². The van der Waals surface area contributed by atoms with Crippen molar-refractivity contribution in [1.82, 2.24) is 14.8 Å². The minimum absolute atomic E-state index is 0.106. The maximum atomic E-state index is 12.5. The maximum Gasteiger partial charge on any atom is 0.416 e. The Morgan fingerprint density at radius 3 is 2.22 bits per heavy atom. The zero-order chi connectivity index (χ0) is 20.2. The molecule has 0 saturated heterocycles. The van der Waals surface area contributed by atoms with Crippen LogP contribution in [-0.2, 0) is 22.8 Å². The van der Waals surface area contributed by atoms with Crippen LogP contribution in [0.5, 0.6) is 0 Å². The Kier molecular flexibility index (Phi) is 6.27. The van der Waals surface area contributed by atoms with Crippen LogP contribution in [0.3, 0.4) is 0 Å². The van der Waals surface area contributed by atoms with Crippen LogP contribution in [0.25, 0.3) is 0 Å². The lowest BCUT2D eigenvalue weighted by Crippen LogP contribution is -2.40. The molecule has 0 saturated carbocycles. The molecule has 0 spiro atoms. The van der Waals surface area contributed by atoms with Gasteiger partial charge >= 0.3 is 18.0 Å². The second-order valence-electron chi connectivity index (χ2n) is 6.26. The number of carbonyl (C=O) groups is 2. The third-order valence-electron chi connectivity index (χ3n) is 4.08. The molecule has 2 aromatic rings. The Bertz CT molecular complexity index is 798. The molecule has 0 aliphatic carbocycles. The molecule has 146 valence electrons. The number of halogens is 3. The van der Waals surface area contributed by atoms with Gasteiger partial charge in [-0.2, -0.15) is 13.2 Å². The van der Waals surface area contributed by atoms with Gasteiger partial charge in [0.25, 0.3) is 0 Å². The minimum atomic E-state index is -4.46. The first-order valence-corrected chi connectivity index (χ1v) is 8.13. The number of anilines is 1. The number of aryl methyl sites for hydroxylation is 1. The van der Waals surface area contributed by atoms with Crippen LogP contribution in [0.1, 0.15) is 17.3 Å². The summed E-state index contributed by atoms with van der Waals surface area (Å²) < 4.78 is 39.5. The lowest BCUT2D eigenvalue weighted by molar-refractivity contribution is -0.137. The highest BCUT2D eigenvalue weighted by molar-refractivity contribution is 6.39. The summed E-state index contributed by atoms with van der Waals surface area (Å²) in [6, 6.07) is 7.52. The van der Waals surface area contributed by atoms with Gasteiger partial charge in [0.05, 0.1) is 11.6 Å². The number of amides is 2. The van der Waals surface area contributed by atoms with Crippen molar-refractivity contribution in [2.75, 3.05) is 26.0 Å². The number of alkyl halides is 3. The Morgan fingerprint density at radius 1 is 1.11 bits per heavy atom. The molecule has 2 N–H and O–H groups in total. The molecule has 9 heteroatoms. The van der Waals surface area contributed by atoms with Crippen LogP contribution >= 0.6 is 0 Å². The van der Waals surface area contributed by atoms with E-state index in [1.165, 1.54) is 0 Å². The van der Waals surface area contributed by atoms with E-state index in [1.807, 2.05) is 48.9 Å². The molecule has 1 atom stereocenters. The number of rotatable bonds is 5. The number of likely N-dealkylation sites (N-methyl/N-ethyl adjacent to an activating group) is 1. The van der Waals surface area contributed by atoms with Crippen LogP contribution in [-0.4, -0.2) is 41.9 Å². The highest BCUT2D eigenvalue weighted by atomic mass is 19.4. The summed E-state index contributed by atoms with van der Waals surface area (Å²) in [7, 11) is 5.59. The van der Waals surface area contributed by atoms with E-state index >= 15 is 0 Å². The van der Waals surface area contributed by atoms with Crippen molar-refractivity contribution in [3.05, 3.63) is 53.9 Å². The number of nitrogens with one attached hydrogen (secondary N) is 2. The Labute approximate surface area is 155 Å². The highest BCUT2D eigenvalue weighted by Gasteiger charge is 2.30. The minimum Gasteiger partial charge on any atom is -0.353 e. The summed E-state index contributed by atoms with van der Waals surface area (Å²) in [6.07, 6.45) is -2.58. The fraction of sp³-hybridized carbons (Fsp3) is 0.333. The second kappa shape index (κ2) is 8.26. The molecule has 27 heavy (non-hydrogen) atoms. The molecule has 0 aliphatic rings. The van der Waals surface area contributed by atoms with Crippen molar-refractivity contribution < 1.29 is 22.8 Å². The first kappa shape index (κ1) is 20.5. The van der Waals surface area contributed by atoms with Crippen LogP contribution in [0.15, 0.2) is 42.6 Å². The van der Waals surface area contributed by atoms with E-state index in [4.69, 9.17) is 0 Å². The molecule has 0 aliphatic heterocycles. The highest BCUT2D eigenvalue weighted by Crippen LogP contribution is 2.29. The van der Waals surface area contributed by atoms with Gasteiger partial charge in [0.2, 0.25) is 0 Å². The van der Waals surface area contributed by atoms with E-state index in [-0.39, 0.29) is 18.3 Å². The third-order valence-corrected chi connectivity index (χ3v) is 4.08. The van der Waals surface area contributed by atoms with Gasteiger partial charge in [0, 0.05) is 31.2 Å². The molecule has 0 radical (unpaired) electrons. The molecule has 1 unspecified atom stereocenters. The van der Waals surface area contributed by atoms with Crippen molar-refractivity contribution in [3.8, 4) is 0 Å². The maximum absolute atomic E-state index is 12.5. The molecule has 1 heterocycles. The number of hydrogen-bond acceptors (Lipinski definition) is 3. The standard InChI is InChI=1S/C18H21F3N4O2/c1-24(2)15(14-5-4-10-25(14)3)11-22-16(26)17(27)23-13-8-6-12(7-9-13)18(19,20)21/h4-10,15H,11H2,1-3H3,(H,22,26)(H,23,27). The van der Waals surface area contributed by atoms with E-state index in [1.54, 1.807) is 0 Å². The van der Waals surface area contributed by atoms with Crippen LogP contribution in [0.2, 0.25) is 0 Å². The summed E-state index contributed by atoms with van der Waals surface area (Å²) in [5, 5.41) is 4.83. The predicted octanol–water partition coefficient (Wildman–Crippen LogP) is 2.40. The van der Waals surface area contributed by atoms with Gasteiger partial charge in [0.15, 0.2) is 0 Å². The topological polar surface area (TPSA) is 66.4 Å². The largest absolute Gasteiger partial charge is 0.416 e. The SMILES string of the molecule is CN(C)C(CNC(=O)C(=O)Nc1ccc(C(F)(F)F)cc1)c1cccn1C. The molecule has 2 amide bonds. The van der Waals surface area contributed by atoms with Gasteiger partial charge in [-0.05, 0) is 50.5 Å². The van der Waals surface area contributed by atoms with Crippen LogP contribution in [0.4, 0.5) is 18.9 Å². The van der Waals surface area contributed by atoms with Crippen molar-refractivity contribution in [1.29, 1.82) is 0 Å². The lowest BCUT2D eigenvalue weighted by atomic mass is 10.2. The van der Waals surface area contributed by atoms with Crippen LogP contribution in [0, 0.1) is 0 Å². The van der Waals surface area contributed by atoms with E-state index in [9.17, 15) is 22.8 Å². The Morgan fingerprint density at radius 2 is 1.74 bits per heavy atom. The second-order valence-corrected chi connectivity index (χ2v) is 6.26. The summed E-state index contributed by atoms with van der Waals surface area (Å²) in [5.41, 5.74) is 0.236. The van der Waals surface area contributed by atoms with E-state index in [0.717, 1.165) is 30.0 Å². The zero-order valence-corrected chi connectivity index (χ0v) is 15.2. The first-order valence-electron chi connectivity index (χ1n) is 8.13. The van der Waals surface area contributed by atoms with E-state index in [0.29, 0.717) is 0 Å². The third kappa shape index (κ3) is 5.33. The first-order chi connectivity index (χ1) is 12.6. The summed E-state index contributed by atoms with van der Waals surface area (Å²) >= 11 is 0. The lowest BCUT2D eigenvalue weighted by Gasteiger charge is -2.25. The van der Waals surface area contributed by atoms with Gasteiger partial charge in [-0.15, -0.1) is 0 Å². The average Bonchev–Trinajstić information content (AvgIpc) is 3.00. The number of carbonyl (C=O) groups excluding carboxylic acids is 2. The van der Waals surface area contributed by atoms with Gasteiger partial charge < -0.3 is 15.2 Å². The molecule has 2 rings (SSSR count). The van der Waals surface area contributed by atoms with Crippen molar-refractivity contribution in [2.45, 2.75) is 12.2 Å². The fourth-order valence-corrected chi connectivity index (χ4v) is 2.57. The molecular formula is C18H21F3N4O2. The number of nitrogens with zero attached hydrogens (tertiary/aromatic N) is 2. The molecule has 1 aromatic heterocycles. The average molecular weight is 382 g/mol. The van der Waals surface area contributed by atoms with Gasteiger partial charge in [-0.3, -0.25) is 14.5 Å².